The average Bonchev–Trinajstić information content (AvgIpc) is 2.83. The number of H-pyrrole nitrogens is 1. The number of rotatable bonds is 3. The molecule has 6 heteroatoms. The van der Waals surface area contributed by atoms with Gasteiger partial charge in [0.25, 0.3) is 5.56 Å². The Hall–Kier alpha value is -2.63. The highest BCUT2D eigenvalue weighted by atomic mass is 16.3. The van der Waals surface area contributed by atoms with E-state index >= 15 is 0 Å². The number of hydrogen-bond donors (Lipinski definition) is 2. The van der Waals surface area contributed by atoms with Crippen LogP contribution in [0, 0.1) is 0 Å². The van der Waals surface area contributed by atoms with Crippen LogP contribution in [-0.2, 0) is 6.42 Å². The molecule has 3 rings (SSSR count). The van der Waals surface area contributed by atoms with Crippen molar-refractivity contribution in [2.45, 2.75) is 26.3 Å². The Morgan fingerprint density at radius 1 is 1.38 bits per heavy atom. The number of nitrogens with zero attached hydrogens (tertiary/aromatic N) is 3. The second kappa shape index (κ2) is 5.05. The number of phenolic OH excluding ortho intramolecular Hbond substituents is 1. The maximum Gasteiger partial charge on any atom is 0.262 e. The molecule has 0 aliphatic rings. The number of benzene rings is 1. The van der Waals surface area contributed by atoms with Gasteiger partial charge in [-0.3, -0.25) is 4.79 Å². The molecule has 0 bridgehead atoms. The molecule has 0 spiro atoms. The van der Waals surface area contributed by atoms with Crippen LogP contribution in [0.15, 0.2) is 35.3 Å². The highest BCUT2D eigenvalue weighted by Gasteiger charge is 2.12. The molecule has 0 amide bonds. The molecule has 21 heavy (non-hydrogen) atoms. The Bertz CT molecular complexity index is 848. The van der Waals surface area contributed by atoms with Crippen LogP contribution in [0.4, 0.5) is 0 Å². The maximum absolute atomic E-state index is 12.1. The third-order valence-corrected chi connectivity index (χ3v) is 3.28. The third-order valence-electron chi connectivity index (χ3n) is 3.28. The van der Waals surface area contributed by atoms with E-state index in [-0.39, 0.29) is 17.4 Å². The summed E-state index contributed by atoms with van der Waals surface area (Å²) in [4.78, 5) is 19.4. The van der Waals surface area contributed by atoms with E-state index in [1.165, 1.54) is 0 Å². The molecule has 0 unspecified atom stereocenters. The summed E-state index contributed by atoms with van der Waals surface area (Å²) in [5.74, 6) is 0.753. The van der Waals surface area contributed by atoms with Gasteiger partial charge in [-0.2, -0.15) is 5.10 Å². The van der Waals surface area contributed by atoms with Gasteiger partial charge in [0.1, 0.15) is 17.0 Å². The van der Waals surface area contributed by atoms with Gasteiger partial charge in [-0.15, -0.1) is 0 Å². The Labute approximate surface area is 121 Å². The number of phenols is 1. The van der Waals surface area contributed by atoms with Crippen molar-refractivity contribution in [1.29, 1.82) is 0 Å². The molecule has 2 N–H and O–H groups in total. The minimum absolute atomic E-state index is 0.130. The molecule has 0 fully saturated rings. The maximum atomic E-state index is 12.1. The minimum Gasteiger partial charge on any atom is -0.508 e. The molecule has 2 aromatic heterocycles. The van der Waals surface area contributed by atoms with Crippen LogP contribution in [0.3, 0.4) is 0 Å². The summed E-state index contributed by atoms with van der Waals surface area (Å²) in [5.41, 5.74) is 1.28. The van der Waals surface area contributed by atoms with E-state index in [1.807, 2.05) is 19.9 Å². The van der Waals surface area contributed by atoms with E-state index in [0.717, 1.165) is 5.56 Å². The second-order valence-corrected chi connectivity index (χ2v) is 5.28. The van der Waals surface area contributed by atoms with Crippen molar-refractivity contribution < 1.29 is 5.11 Å². The van der Waals surface area contributed by atoms with Gasteiger partial charge in [-0.25, -0.2) is 9.67 Å². The number of hydrogen-bond acceptors (Lipinski definition) is 4. The average molecular weight is 284 g/mol. The fourth-order valence-corrected chi connectivity index (χ4v) is 2.30. The number of aromatic amines is 1. The van der Waals surface area contributed by atoms with Crippen LogP contribution in [0.2, 0.25) is 0 Å². The highest BCUT2D eigenvalue weighted by molar-refractivity contribution is 5.73. The predicted octanol–water partition coefficient (Wildman–Crippen LogP) is 2.00. The van der Waals surface area contributed by atoms with Crippen LogP contribution in [0.25, 0.3) is 11.0 Å². The molecular weight excluding hydrogens is 268 g/mol. The summed E-state index contributed by atoms with van der Waals surface area (Å²) < 4.78 is 1.73. The first-order valence-electron chi connectivity index (χ1n) is 6.79. The summed E-state index contributed by atoms with van der Waals surface area (Å²) in [6.45, 7) is 3.98. The standard InChI is InChI=1S/C15H16N4O2/c1-9(2)19-14-12(8-16-19)15(21)18-13(17-14)7-10-4-3-5-11(20)6-10/h3-6,8-9,20H,7H2,1-2H3,(H,17,18,21). The van der Waals surface area contributed by atoms with E-state index in [1.54, 1.807) is 29.1 Å². The zero-order chi connectivity index (χ0) is 15.0. The van der Waals surface area contributed by atoms with Crippen molar-refractivity contribution in [2.75, 3.05) is 0 Å². The monoisotopic (exact) mass is 284 g/mol. The molecule has 108 valence electrons. The Morgan fingerprint density at radius 3 is 2.90 bits per heavy atom. The Balaban J connectivity index is 2.07. The van der Waals surface area contributed by atoms with Crippen molar-refractivity contribution in [2.24, 2.45) is 0 Å². The first-order chi connectivity index (χ1) is 10.0. The lowest BCUT2D eigenvalue weighted by Crippen LogP contribution is -2.13. The van der Waals surface area contributed by atoms with Crippen molar-refractivity contribution in [3.8, 4) is 5.75 Å². The predicted molar refractivity (Wildman–Crippen MR) is 79.4 cm³/mol. The fraction of sp³-hybridized carbons (Fsp3) is 0.267. The fourth-order valence-electron chi connectivity index (χ4n) is 2.30. The van der Waals surface area contributed by atoms with Gasteiger partial charge in [0.15, 0.2) is 5.65 Å². The topological polar surface area (TPSA) is 83.8 Å². The van der Waals surface area contributed by atoms with Gasteiger partial charge >= 0.3 is 0 Å². The number of nitrogens with one attached hydrogen (secondary N) is 1. The first kappa shape index (κ1) is 13.4. The normalized spacial score (nSPS) is 11.4. The molecule has 1 aromatic carbocycles. The quantitative estimate of drug-likeness (QED) is 0.770. The zero-order valence-corrected chi connectivity index (χ0v) is 11.9. The van der Waals surface area contributed by atoms with E-state index < -0.39 is 0 Å². The Morgan fingerprint density at radius 2 is 2.19 bits per heavy atom. The summed E-state index contributed by atoms with van der Waals surface area (Å²) in [6, 6.07) is 7.04. The molecule has 0 aliphatic heterocycles. The highest BCUT2D eigenvalue weighted by Crippen LogP contribution is 2.15. The van der Waals surface area contributed by atoms with E-state index in [0.29, 0.717) is 23.3 Å². The van der Waals surface area contributed by atoms with Crippen LogP contribution >= 0.6 is 0 Å². The van der Waals surface area contributed by atoms with Gasteiger partial charge in [-0.1, -0.05) is 12.1 Å². The van der Waals surface area contributed by atoms with E-state index in [2.05, 4.69) is 15.1 Å². The van der Waals surface area contributed by atoms with Gasteiger partial charge < -0.3 is 10.1 Å². The molecular formula is C15H16N4O2. The lowest BCUT2D eigenvalue weighted by molar-refractivity contribution is 0.474. The van der Waals surface area contributed by atoms with Crippen LogP contribution in [-0.4, -0.2) is 24.9 Å². The Kier molecular flexibility index (Phi) is 3.21. The van der Waals surface area contributed by atoms with Crippen molar-refractivity contribution in [3.63, 3.8) is 0 Å². The van der Waals surface area contributed by atoms with Crippen molar-refractivity contribution >= 4 is 11.0 Å². The summed E-state index contributed by atoms with van der Waals surface area (Å²) in [5, 5.41) is 14.2. The molecule has 0 atom stereocenters. The van der Waals surface area contributed by atoms with Gasteiger partial charge in [0, 0.05) is 12.5 Å². The van der Waals surface area contributed by atoms with Crippen LogP contribution in [0.5, 0.6) is 5.75 Å². The smallest absolute Gasteiger partial charge is 0.262 e. The van der Waals surface area contributed by atoms with E-state index in [4.69, 9.17) is 0 Å². The third kappa shape index (κ3) is 2.52. The van der Waals surface area contributed by atoms with Gasteiger partial charge in [0.2, 0.25) is 0 Å². The SMILES string of the molecule is CC(C)n1ncc2c(=O)[nH]c(Cc3cccc(O)c3)nc21. The zero-order valence-electron chi connectivity index (χ0n) is 11.9. The lowest BCUT2D eigenvalue weighted by Gasteiger charge is -2.07. The number of fused-ring (bicyclic) bond motifs is 1. The van der Waals surface area contributed by atoms with Gasteiger partial charge in [-0.05, 0) is 31.5 Å². The molecule has 3 aromatic rings. The van der Waals surface area contributed by atoms with Crippen LogP contribution in [0.1, 0.15) is 31.3 Å². The number of aromatic nitrogens is 4. The summed E-state index contributed by atoms with van der Waals surface area (Å²) >= 11 is 0. The first-order valence-corrected chi connectivity index (χ1v) is 6.79. The largest absolute Gasteiger partial charge is 0.508 e. The minimum atomic E-state index is -0.193. The molecule has 0 saturated carbocycles. The molecule has 0 radical (unpaired) electrons. The summed E-state index contributed by atoms with van der Waals surface area (Å²) in [7, 11) is 0. The summed E-state index contributed by atoms with van der Waals surface area (Å²) in [6.07, 6.45) is 1.99. The van der Waals surface area contributed by atoms with Crippen LogP contribution < -0.4 is 5.56 Å². The lowest BCUT2D eigenvalue weighted by atomic mass is 10.1. The van der Waals surface area contributed by atoms with Crippen molar-refractivity contribution in [3.05, 3.63) is 52.2 Å². The molecule has 2 heterocycles. The molecule has 0 saturated heterocycles. The molecule has 6 nitrogen and oxygen atoms in total. The van der Waals surface area contributed by atoms with Gasteiger partial charge in [0.05, 0.1) is 6.20 Å². The van der Waals surface area contributed by atoms with E-state index in [9.17, 15) is 9.90 Å². The second-order valence-electron chi connectivity index (χ2n) is 5.28. The number of aromatic hydroxyl groups is 1. The molecule has 0 aliphatic carbocycles. The van der Waals surface area contributed by atoms with Crippen molar-refractivity contribution in [1.82, 2.24) is 19.7 Å².